The maximum Gasteiger partial charge on any atom is 0.231 e. The Morgan fingerprint density at radius 1 is 1.11 bits per heavy atom. The number of likely N-dealkylation sites (tertiary alicyclic amines) is 1. The van der Waals surface area contributed by atoms with Crippen LogP contribution in [-0.2, 0) is 24.3 Å². The summed E-state index contributed by atoms with van der Waals surface area (Å²) in [6, 6.07) is 14.3. The van der Waals surface area contributed by atoms with Gasteiger partial charge in [-0.3, -0.25) is 9.88 Å². The van der Waals surface area contributed by atoms with Crippen LogP contribution < -0.4 is 0 Å². The first-order valence-electron chi connectivity index (χ1n) is 9.92. The van der Waals surface area contributed by atoms with Crippen molar-refractivity contribution in [3.8, 4) is 0 Å². The van der Waals surface area contributed by atoms with Crippen molar-refractivity contribution < 1.29 is 9.26 Å². The topological polar surface area (TPSA) is 64.3 Å². The van der Waals surface area contributed by atoms with Gasteiger partial charge in [0.1, 0.15) is 0 Å². The molecule has 0 bridgehead atoms. The molecule has 1 aliphatic rings. The zero-order chi connectivity index (χ0) is 19.0. The average molecular weight is 378 g/mol. The summed E-state index contributed by atoms with van der Waals surface area (Å²) in [5.41, 5.74) is 2.41. The maximum atomic E-state index is 5.73. The van der Waals surface area contributed by atoms with E-state index in [-0.39, 0.29) is 0 Å². The third-order valence-corrected chi connectivity index (χ3v) is 5.05. The number of aromatic nitrogens is 3. The molecule has 6 heteroatoms. The molecule has 0 radical (unpaired) electrons. The third-order valence-electron chi connectivity index (χ3n) is 5.05. The van der Waals surface area contributed by atoms with Crippen molar-refractivity contribution >= 4 is 0 Å². The molecule has 1 unspecified atom stereocenters. The summed E-state index contributed by atoms with van der Waals surface area (Å²) < 4.78 is 11.3. The first kappa shape index (κ1) is 18.8. The van der Waals surface area contributed by atoms with E-state index in [1.54, 1.807) is 0 Å². The van der Waals surface area contributed by atoms with Gasteiger partial charge < -0.3 is 9.26 Å². The molecular formula is C22H26N4O2. The summed E-state index contributed by atoms with van der Waals surface area (Å²) in [5.74, 6) is 1.79. The molecule has 1 aliphatic heterocycles. The van der Waals surface area contributed by atoms with Crippen LogP contribution in [0.4, 0.5) is 0 Å². The van der Waals surface area contributed by atoms with Gasteiger partial charge in [0, 0.05) is 31.9 Å². The zero-order valence-electron chi connectivity index (χ0n) is 16.0. The van der Waals surface area contributed by atoms with Crippen LogP contribution in [0.15, 0.2) is 59.4 Å². The van der Waals surface area contributed by atoms with E-state index >= 15 is 0 Å². The van der Waals surface area contributed by atoms with Crippen molar-refractivity contribution in [2.75, 3.05) is 19.7 Å². The van der Waals surface area contributed by atoms with Crippen molar-refractivity contribution in [3.05, 3.63) is 77.7 Å². The van der Waals surface area contributed by atoms with Gasteiger partial charge in [0.2, 0.25) is 5.89 Å². The first-order valence-corrected chi connectivity index (χ1v) is 9.92. The Balaban J connectivity index is 1.25. The Labute approximate surface area is 165 Å². The minimum Gasteiger partial charge on any atom is -0.376 e. The van der Waals surface area contributed by atoms with Crippen LogP contribution in [0, 0.1) is 0 Å². The molecule has 1 fully saturated rings. The van der Waals surface area contributed by atoms with Gasteiger partial charge in [0.25, 0.3) is 0 Å². The molecular weight excluding hydrogens is 352 g/mol. The van der Waals surface area contributed by atoms with Crippen molar-refractivity contribution in [2.45, 2.75) is 38.3 Å². The van der Waals surface area contributed by atoms with Gasteiger partial charge in [-0.15, -0.1) is 0 Å². The minimum absolute atomic E-state index is 0.303. The highest BCUT2D eigenvalue weighted by Gasteiger charge is 2.26. The molecule has 0 saturated carbocycles. The van der Waals surface area contributed by atoms with E-state index in [0.29, 0.717) is 25.6 Å². The van der Waals surface area contributed by atoms with Crippen molar-refractivity contribution in [1.29, 1.82) is 0 Å². The molecule has 6 nitrogen and oxygen atoms in total. The van der Waals surface area contributed by atoms with E-state index in [1.165, 1.54) is 11.1 Å². The monoisotopic (exact) mass is 378 g/mol. The molecule has 0 aliphatic carbocycles. The Bertz CT molecular complexity index is 838. The number of nitrogens with zero attached hydrogens (tertiary/aromatic N) is 4. The lowest BCUT2D eigenvalue weighted by Gasteiger charge is -2.30. The quantitative estimate of drug-likeness (QED) is 0.558. The van der Waals surface area contributed by atoms with E-state index in [0.717, 1.165) is 44.2 Å². The largest absolute Gasteiger partial charge is 0.376 e. The maximum absolute atomic E-state index is 5.73. The van der Waals surface area contributed by atoms with E-state index < -0.39 is 0 Å². The van der Waals surface area contributed by atoms with Gasteiger partial charge in [-0.1, -0.05) is 41.6 Å². The minimum atomic E-state index is 0.303. The summed E-state index contributed by atoms with van der Waals surface area (Å²) in [5, 5.41) is 4.15. The number of rotatable bonds is 8. The second-order valence-electron chi connectivity index (χ2n) is 7.27. The molecule has 4 rings (SSSR count). The van der Waals surface area contributed by atoms with Crippen LogP contribution in [0.25, 0.3) is 0 Å². The van der Waals surface area contributed by atoms with Crippen LogP contribution in [0.3, 0.4) is 0 Å². The van der Waals surface area contributed by atoms with Gasteiger partial charge >= 0.3 is 0 Å². The van der Waals surface area contributed by atoms with Gasteiger partial charge in [-0.05, 0) is 36.6 Å². The molecule has 1 aromatic carbocycles. The Morgan fingerprint density at radius 3 is 2.86 bits per heavy atom. The second kappa shape index (κ2) is 9.57. The highest BCUT2D eigenvalue weighted by molar-refractivity contribution is 5.13. The van der Waals surface area contributed by atoms with Gasteiger partial charge in [0.15, 0.2) is 5.82 Å². The molecule has 146 valence electrons. The highest BCUT2D eigenvalue weighted by Crippen LogP contribution is 2.26. The Hall–Kier alpha value is -2.57. The summed E-state index contributed by atoms with van der Waals surface area (Å²) in [6.45, 7) is 4.16. The molecule has 3 aromatic rings. The van der Waals surface area contributed by atoms with Gasteiger partial charge in [-0.2, -0.15) is 4.98 Å². The molecule has 1 saturated heterocycles. The SMILES string of the molecule is c1ccc(COCCc2noc(C3CCCN(Cc4cccnc4)C3)n2)cc1. The van der Waals surface area contributed by atoms with Crippen molar-refractivity contribution in [3.63, 3.8) is 0 Å². The van der Waals surface area contributed by atoms with Crippen LogP contribution in [0.1, 0.15) is 41.6 Å². The molecule has 0 amide bonds. The van der Waals surface area contributed by atoms with Crippen molar-refractivity contribution in [1.82, 2.24) is 20.0 Å². The van der Waals surface area contributed by atoms with E-state index in [9.17, 15) is 0 Å². The van der Waals surface area contributed by atoms with Gasteiger partial charge in [0.05, 0.1) is 19.1 Å². The fraction of sp³-hybridized carbons (Fsp3) is 0.409. The summed E-state index contributed by atoms with van der Waals surface area (Å²) in [4.78, 5) is 11.3. The number of piperidine rings is 1. The average Bonchev–Trinajstić information content (AvgIpc) is 3.22. The number of hydrogen-bond donors (Lipinski definition) is 0. The summed E-state index contributed by atoms with van der Waals surface area (Å²) in [6.07, 6.45) is 6.65. The van der Waals surface area contributed by atoms with E-state index in [2.05, 4.69) is 38.2 Å². The van der Waals surface area contributed by atoms with Crippen LogP contribution in [0.2, 0.25) is 0 Å². The lowest BCUT2D eigenvalue weighted by molar-refractivity contribution is 0.122. The molecule has 0 N–H and O–H groups in total. The molecule has 2 aromatic heterocycles. The molecule has 0 spiro atoms. The molecule has 28 heavy (non-hydrogen) atoms. The fourth-order valence-electron chi connectivity index (χ4n) is 3.61. The number of pyridine rings is 1. The van der Waals surface area contributed by atoms with E-state index in [1.807, 2.05) is 36.7 Å². The lowest BCUT2D eigenvalue weighted by atomic mass is 9.97. The number of hydrogen-bond acceptors (Lipinski definition) is 6. The lowest BCUT2D eigenvalue weighted by Crippen LogP contribution is -2.34. The Kier molecular flexibility index (Phi) is 6.42. The first-order chi connectivity index (χ1) is 13.9. The molecule has 1 atom stereocenters. The zero-order valence-corrected chi connectivity index (χ0v) is 16.0. The van der Waals surface area contributed by atoms with Gasteiger partial charge in [-0.25, -0.2) is 0 Å². The molecule has 3 heterocycles. The van der Waals surface area contributed by atoms with Crippen LogP contribution in [0.5, 0.6) is 0 Å². The highest BCUT2D eigenvalue weighted by atomic mass is 16.5. The standard InChI is InChI=1S/C22H26N4O2/c1-2-6-18(7-3-1)17-27-13-10-21-24-22(28-25-21)20-9-5-12-26(16-20)15-19-8-4-11-23-14-19/h1-4,6-8,11,14,20H,5,9-10,12-13,15-17H2. The van der Waals surface area contributed by atoms with E-state index in [4.69, 9.17) is 9.26 Å². The van der Waals surface area contributed by atoms with Crippen molar-refractivity contribution in [2.24, 2.45) is 0 Å². The smallest absolute Gasteiger partial charge is 0.231 e. The summed E-state index contributed by atoms with van der Waals surface area (Å²) in [7, 11) is 0. The number of ether oxygens (including phenoxy) is 1. The summed E-state index contributed by atoms with van der Waals surface area (Å²) >= 11 is 0. The van der Waals surface area contributed by atoms with Crippen LogP contribution in [-0.4, -0.2) is 39.7 Å². The second-order valence-corrected chi connectivity index (χ2v) is 7.27. The normalized spacial score (nSPS) is 17.6. The number of benzene rings is 1. The predicted molar refractivity (Wildman–Crippen MR) is 106 cm³/mol. The predicted octanol–water partition coefficient (Wildman–Crippen LogP) is 3.60. The third kappa shape index (κ3) is 5.24. The fourth-order valence-corrected chi connectivity index (χ4v) is 3.61. The Morgan fingerprint density at radius 2 is 2.00 bits per heavy atom. The van der Waals surface area contributed by atoms with Crippen LogP contribution >= 0.6 is 0 Å².